The van der Waals surface area contributed by atoms with Gasteiger partial charge in [-0.1, -0.05) is 54.6 Å². The molecule has 0 aromatic heterocycles. The van der Waals surface area contributed by atoms with E-state index in [0.717, 1.165) is 0 Å². The second-order valence-corrected chi connectivity index (χ2v) is 12.1. The van der Waals surface area contributed by atoms with Gasteiger partial charge >= 0.3 is 52.2 Å². The molecule has 0 aliphatic rings. The molecule has 0 atom stereocenters. The summed E-state index contributed by atoms with van der Waals surface area (Å²) in [7, 11) is -22.6. The monoisotopic (exact) mass is 739 g/mol. The fraction of sp³-hybridized carbons (Fsp3) is 0. The number of hydrogen-bond donors (Lipinski definition) is 0. The van der Waals surface area contributed by atoms with Gasteiger partial charge in [-0.05, 0) is 36.4 Å². The maximum atomic E-state index is 12.2. The number of halogens is 12. The molecule has 0 saturated carbocycles. The van der Waals surface area contributed by atoms with Crippen molar-refractivity contribution in [3.05, 3.63) is 91.0 Å². The molecule has 0 unspecified atom stereocenters. The van der Waals surface area contributed by atoms with Gasteiger partial charge in [0, 0.05) is 17.4 Å². The molecule has 40 heavy (non-hydrogen) atoms. The van der Waals surface area contributed by atoms with Crippen molar-refractivity contribution in [3.8, 4) is 0 Å². The predicted molar refractivity (Wildman–Crippen MR) is 142 cm³/mol. The van der Waals surface area contributed by atoms with E-state index >= 15 is 0 Å². The van der Waals surface area contributed by atoms with E-state index < -0.39 is 52.2 Å². The third-order valence-corrected chi connectivity index (χ3v) is 9.36. The van der Waals surface area contributed by atoms with Crippen LogP contribution in [-0.4, -0.2) is 0 Å². The molecule has 0 aliphatic heterocycles. The fourth-order valence-corrected chi connectivity index (χ4v) is 5.44. The molecule has 0 bridgehead atoms. The first-order valence-electron chi connectivity index (χ1n) is 9.63. The third-order valence-electron chi connectivity index (χ3n) is 3.82. The minimum atomic E-state index is -3.77. The van der Waals surface area contributed by atoms with E-state index in [-0.39, 0.29) is 47.7 Å². The molecule has 3 rings (SSSR count). The van der Waals surface area contributed by atoms with Crippen molar-refractivity contribution in [2.45, 2.75) is 0 Å². The molecule has 22 heteroatoms. The summed E-state index contributed by atoms with van der Waals surface area (Å²) in [6.45, 7) is 0. The van der Waals surface area contributed by atoms with Crippen molar-refractivity contribution >= 4 is 69.2 Å². The van der Waals surface area contributed by atoms with Gasteiger partial charge in [-0.25, -0.2) is 13.3 Å². The van der Waals surface area contributed by atoms with Crippen LogP contribution in [0.1, 0.15) is 0 Å². The van der Waals surface area contributed by atoms with Crippen LogP contribution in [0.3, 0.4) is 0 Å². The number of hydrogen-bond acceptors (Lipinski definition) is 3. The summed E-state index contributed by atoms with van der Waals surface area (Å²) in [5.41, 5.74) is -0.390. The van der Waals surface area contributed by atoms with E-state index in [1.54, 1.807) is 18.2 Å². The molecule has 222 valence electrons. The molecular formula is C18H15CrF12N3P6. The predicted octanol–water partition coefficient (Wildman–Crippen LogP) is 14.5. The summed E-state index contributed by atoms with van der Waals surface area (Å²) in [6, 6.07) is 20.8. The first-order valence-corrected chi connectivity index (χ1v) is 16.1. The topological polar surface area (TPSA) is 9.72 Å². The minimum Gasteiger partial charge on any atom is -0.224 e. The van der Waals surface area contributed by atoms with E-state index in [4.69, 9.17) is 0 Å². The van der Waals surface area contributed by atoms with Gasteiger partial charge in [-0.15, -0.1) is 0 Å². The van der Waals surface area contributed by atoms with Crippen LogP contribution in [0.2, 0.25) is 0 Å². The van der Waals surface area contributed by atoms with Crippen LogP contribution in [0.25, 0.3) is 0 Å². The van der Waals surface area contributed by atoms with Gasteiger partial charge < -0.3 is 0 Å². The first kappa shape index (κ1) is 39.3. The van der Waals surface area contributed by atoms with E-state index in [2.05, 4.69) is 0 Å². The zero-order valence-corrected chi connectivity index (χ0v) is 25.8. The number of benzene rings is 3. The fourth-order valence-electron chi connectivity index (χ4n) is 2.36. The Hall–Kier alpha value is -0.668. The average Bonchev–Trinajstić information content (AvgIpc) is 2.85. The SMILES string of the molecule is FP(F)N(c1ccccc1)P(F)F.FP(F)N(c1ccccc1)P(F)F.FP(F)N(c1ccccc1)P(F)F.[Cr]. The van der Waals surface area contributed by atoms with Crippen molar-refractivity contribution in [1.82, 2.24) is 0 Å². The zero-order chi connectivity index (χ0) is 29.5. The Morgan fingerprint density at radius 1 is 0.300 bits per heavy atom. The molecular weight excluding hydrogens is 724 g/mol. The first-order chi connectivity index (χ1) is 18.4. The summed E-state index contributed by atoms with van der Waals surface area (Å²) in [5, 5.41) is 0. The van der Waals surface area contributed by atoms with Crippen LogP contribution in [0.4, 0.5) is 67.4 Å². The number of rotatable bonds is 9. The Morgan fingerprint density at radius 2 is 0.450 bits per heavy atom. The molecule has 3 nitrogen and oxygen atoms in total. The maximum Gasteiger partial charge on any atom is 0.381 e. The molecule has 0 fully saturated rings. The largest absolute Gasteiger partial charge is 0.381 e. The third kappa shape index (κ3) is 14.0. The van der Waals surface area contributed by atoms with E-state index in [9.17, 15) is 50.4 Å². The van der Waals surface area contributed by atoms with Crippen LogP contribution in [0.5, 0.6) is 0 Å². The van der Waals surface area contributed by atoms with E-state index in [0.29, 0.717) is 0 Å². The second kappa shape index (κ2) is 21.1. The Balaban J connectivity index is 0.000000563. The van der Waals surface area contributed by atoms with Crippen molar-refractivity contribution < 1.29 is 67.7 Å². The van der Waals surface area contributed by atoms with E-state index in [1.165, 1.54) is 72.8 Å². The van der Waals surface area contributed by atoms with Crippen LogP contribution >= 0.6 is 52.2 Å². The van der Waals surface area contributed by atoms with Crippen LogP contribution < -0.4 is 13.3 Å². The Labute approximate surface area is 241 Å². The standard InChI is InChI=1S/3C6H5F4NP2.Cr/c3*7-12(8)11(13(9)10)6-4-2-1-3-5-6;/h3*1-5H;. The van der Waals surface area contributed by atoms with Gasteiger partial charge in [-0.2, -0.15) is 50.4 Å². The maximum absolute atomic E-state index is 12.2. The van der Waals surface area contributed by atoms with Crippen molar-refractivity contribution in [2.75, 3.05) is 13.3 Å². The van der Waals surface area contributed by atoms with Gasteiger partial charge in [0.2, 0.25) is 0 Å². The van der Waals surface area contributed by atoms with Crippen LogP contribution in [0, 0.1) is 0 Å². The van der Waals surface area contributed by atoms with Crippen molar-refractivity contribution in [2.24, 2.45) is 0 Å². The van der Waals surface area contributed by atoms with Gasteiger partial charge in [0.15, 0.2) is 0 Å². The number of para-hydroxylation sites is 3. The summed E-state index contributed by atoms with van der Waals surface area (Å²) < 4.78 is 146. The molecule has 0 amide bonds. The van der Waals surface area contributed by atoms with Crippen molar-refractivity contribution in [3.63, 3.8) is 0 Å². The van der Waals surface area contributed by atoms with Crippen LogP contribution in [-0.2, 0) is 17.4 Å². The molecule has 0 heterocycles. The average molecular weight is 739 g/mol. The van der Waals surface area contributed by atoms with Crippen LogP contribution in [0.15, 0.2) is 91.0 Å². The molecule has 0 saturated heterocycles. The van der Waals surface area contributed by atoms with Gasteiger partial charge in [0.05, 0.1) is 17.1 Å². The zero-order valence-electron chi connectivity index (χ0n) is 19.1. The minimum absolute atomic E-state index is 0. The normalized spacial score (nSPS) is 10.7. The van der Waals surface area contributed by atoms with Crippen molar-refractivity contribution in [1.29, 1.82) is 0 Å². The van der Waals surface area contributed by atoms with Gasteiger partial charge in [0.1, 0.15) is 0 Å². The molecule has 0 aliphatic carbocycles. The second-order valence-electron chi connectivity index (χ2n) is 6.17. The smallest absolute Gasteiger partial charge is 0.224 e. The number of nitrogens with zero attached hydrogens (tertiary/aromatic N) is 3. The van der Waals surface area contributed by atoms with Gasteiger partial charge in [-0.3, -0.25) is 0 Å². The Bertz CT molecular complexity index is 883. The molecule has 3 aromatic rings. The summed E-state index contributed by atoms with van der Waals surface area (Å²) in [6.07, 6.45) is 0. The molecule has 3 aromatic carbocycles. The van der Waals surface area contributed by atoms with E-state index in [1.807, 2.05) is 0 Å². The molecule has 0 N–H and O–H groups in total. The quantitative estimate of drug-likeness (QED) is 0.160. The summed E-state index contributed by atoms with van der Waals surface area (Å²) in [4.78, 5) is 0. The van der Waals surface area contributed by atoms with Gasteiger partial charge in [0.25, 0.3) is 0 Å². The Morgan fingerprint density at radius 3 is 0.575 bits per heavy atom. The Kier molecular flexibility index (Phi) is 20.7. The molecule has 0 spiro atoms. The summed E-state index contributed by atoms with van der Waals surface area (Å²) >= 11 is 0. The number of anilines is 3. The molecule has 0 radical (unpaired) electrons. The summed E-state index contributed by atoms with van der Waals surface area (Å²) in [5.74, 6) is 0.